The fourth-order valence-corrected chi connectivity index (χ4v) is 3.62. The Morgan fingerprint density at radius 2 is 1.89 bits per heavy atom. The molecule has 6 heteroatoms. The van der Waals surface area contributed by atoms with Gasteiger partial charge in [-0.1, -0.05) is 41.9 Å². The molecule has 1 heterocycles. The van der Waals surface area contributed by atoms with E-state index in [-0.39, 0.29) is 5.91 Å². The van der Waals surface area contributed by atoms with Gasteiger partial charge in [0.05, 0.1) is 12.3 Å². The lowest BCUT2D eigenvalue weighted by atomic mass is 10.1. The fraction of sp³-hybridized carbons (Fsp3) is 0.238. The van der Waals surface area contributed by atoms with Crippen molar-refractivity contribution in [3.63, 3.8) is 0 Å². The third-order valence-electron chi connectivity index (χ3n) is 4.06. The average molecular weight is 401 g/mol. The van der Waals surface area contributed by atoms with Crippen LogP contribution in [0.2, 0.25) is 5.02 Å². The molecule has 140 valence electrons. The van der Waals surface area contributed by atoms with Crippen LogP contribution in [-0.4, -0.2) is 17.5 Å². The quantitative estimate of drug-likeness (QED) is 0.504. The smallest absolute Gasteiger partial charge is 0.226 e. The summed E-state index contributed by atoms with van der Waals surface area (Å²) in [5.41, 5.74) is 2.95. The van der Waals surface area contributed by atoms with Gasteiger partial charge in [-0.3, -0.25) is 4.79 Å². The topological polar surface area (TPSA) is 51.2 Å². The second-order valence-corrected chi connectivity index (χ2v) is 7.84. The van der Waals surface area contributed by atoms with Crippen LogP contribution in [0.1, 0.15) is 23.3 Å². The van der Waals surface area contributed by atoms with Gasteiger partial charge in [0, 0.05) is 21.9 Å². The third kappa shape index (κ3) is 5.31. The summed E-state index contributed by atoms with van der Waals surface area (Å²) in [7, 11) is 0. The molecule has 2 aromatic carbocycles. The summed E-state index contributed by atoms with van der Waals surface area (Å²) in [6.07, 6.45) is 1.04. The van der Waals surface area contributed by atoms with Gasteiger partial charge in [-0.15, -0.1) is 11.3 Å². The number of anilines is 1. The number of thiazole rings is 1. The van der Waals surface area contributed by atoms with Gasteiger partial charge in [0.1, 0.15) is 5.75 Å². The van der Waals surface area contributed by atoms with Crippen LogP contribution in [0.3, 0.4) is 0 Å². The molecule has 0 atom stereocenters. The van der Waals surface area contributed by atoms with Crippen LogP contribution < -0.4 is 10.1 Å². The zero-order chi connectivity index (χ0) is 19.2. The molecule has 0 saturated carbocycles. The first kappa shape index (κ1) is 19.4. The molecular formula is C21H21ClN2O2S. The summed E-state index contributed by atoms with van der Waals surface area (Å²) < 4.78 is 5.72. The molecule has 0 fully saturated rings. The Morgan fingerprint density at radius 1 is 1.15 bits per heavy atom. The number of rotatable bonds is 7. The van der Waals surface area contributed by atoms with Crippen LogP contribution in [0.5, 0.6) is 5.75 Å². The second-order valence-electron chi connectivity index (χ2n) is 6.20. The molecule has 1 N–H and O–H groups in total. The number of aryl methyl sites for hydroxylation is 2. The molecule has 0 aliphatic heterocycles. The minimum Gasteiger partial charge on any atom is -0.493 e. The lowest BCUT2D eigenvalue weighted by molar-refractivity contribution is -0.116. The van der Waals surface area contributed by atoms with E-state index in [0.29, 0.717) is 29.6 Å². The summed E-state index contributed by atoms with van der Waals surface area (Å²) in [6, 6.07) is 15.4. The van der Waals surface area contributed by atoms with E-state index in [1.54, 1.807) is 0 Å². The number of nitrogens with zero attached hydrogens (tertiary/aromatic N) is 1. The van der Waals surface area contributed by atoms with Crippen molar-refractivity contribution in [2.75, 3.05) is 11.9 Å². The SMILES string of the molecule is Cc1ccccc1OCCCC(=O)Nc1nc(-c2ccc(Cl)cc2)c(C)s1. The van der Waals surface area contributed by atoms with Crippen molar-refractivity contribution in [1.29, 1.82) is 0 Å². The Labute approximate surface area is 168 Å². The molecule has 0 radical (unpaired) electrons. The van der Waals surface area contributed by atoms with Crippen molar-refractivity contribution < 1.29 is 9.53 Å². The van der Waals surface area contributed by atoms with Crippen LogP contribution in [0, 0.1) is 13.8 Å². The number of hydrogen-bond donors (Lipinski definition) is 1. The van der Waals surface area contributed by atoms with E-state index in [1.807, 2.05) is 62.4 Å². The van der Waals surface area contributed by atoms with E-state index >= 15 is 0 Å². The second kappa shape index (κ2) is 9.02. The highest BCUT2D eigenvalue weighted by Gasteiger charge is 2.12. The number of halogens is 1. The van der Waals surface area contributed by atoms with Crippen LogP contribution in [0.4, 0.5) is 5.13 Å². The number of amides is 1. The Bertz CT molecular complexity index is 922. The molecule has 0 bridgehead atoms. The molecule has 0 saturated heterocycles. The number of hydrogen-bond acceptors (Lipinski definition) is 4. The predicted molar refractivity (Wildman–Crippen MR) is 112 cm³/mol. The standard InChI is InChI=1S/C21H21ClN2O2S/c1-14-6-3-4-7-18(14)26-13-5-8-19(25)23-21-24-20(15(2)27-21)16-9-11-17(22)12-10-16/h3-4,6-7,9-12H,5,8,13H2,1-2H3,(H,23,24,25). The van der Waals surface area contributed by atoms with Crippen LogP contribution in [0.15, 0.2) is 48.5 Å². The monoisotopic (exact) mass is 400 g/mol. The van der Waals surface area contributed by atoms with Crippen molar-refractivity contribution in [3.8, 4) is 17.0 Å². The van der Waals surface area contributed by atoms with E-state index in [0.717, 1.165) is 27.4 Å². The van der Waals surface area contributed by atoms with Gasteiger partial charge in [0.25, 0.3) is 0 Å². The van der Waals surface area contributed by atoms with Crippen LogP contribution >= 0.6 is 22.9 Å². The van der Waals surface area contributed by atoms with E-state index in [4.69, 9.17) is 16.3 Å². The number of carbonyl (C=O) groups excluding carboxylic acids is 1. The molecule has 0 spiro atoms. The number of aromatic nitrogens is 1. The fourth-order valence-electron chi connectivity index (χ4n) is 2.64. The summed E-state index contributed by atoms with van der Waals surface area (Å²) in [5, 5.41) is 4.18. The Balaban J connectivity index is 1.50. The van der Waals surface area contributed by atoms with Crippen LogP contribution in [-0.2, 0) is 4.79 Å². The lowest BCUT2D eigenvalue weighted by Crippen LogP contribution is -2.12. The highest BCUT2D eigenvalue weighted by molar-refractivity contribution is 7.16. The van der Waals surface area contributed by atoms with Gasteiger partial charge in [0.2, 0.25) is 5.91 Å². The molecule has 0 aliphatic rings. The minimum atomic E-state index is -0.0558. The molecule has 1 amide bonds. The van der Waals surface area contributed by atoms with E-state index < -0.39 is 0 Å². The summed E-state index contributed by atoms with van der Waals surface area (Å²) in [4.78, 5) is 17.8. The van der Waals surface area contributed by atoms with E-state index in [2.05, 4.69) is 10.3 Å². The Kier molecular flexibility index (Phi) is 6.48. The van der Waals surface area contributed by atoms with Crippen molar-refractivity contribution in [1.82, 2.24) is 4.98 Å². The summed E-state index contributed by atoms with van der Waals surface area (Å²) in [6.45, 7) is 4.50. The predicted octanol–water partition coefficient (Wildman–Crippen LogP) is 5.88. The number of carbonyl (C=O) groups is 1. The van der Waals surface area contributed by atoms with Gasteiger partial charge in [-0.05, 0) is 44.0 Å². The highest BCUT2D eigenvalue weighted by Crippen LogP contribution is 2.31. The van der Waals surface area contributed by atoms with Crippen molar-refractivity contribution in [2.24, 2.45) is 0 Å². The number of para-hydroxylation sites is 1. The molecular weight excluding hydrogens is 380 g/mol. The van der Waals surface area contributed by atoms with Crippen molar-refractivity contribution in [2.45, 2.75) is 26.7 Å². The first-order valence-electron chi connectivity index (χ1n) is 8.74. The van der Waals surface area contributed by atoms with Gasteiger partial charge in [-0.2, -0.15) is 0 Å². The minimum absolute atomic E-state index is 0.0558. The van der Waals surface area contributed by atoms with E-state index in [9.17, 15) is 4.79 Å². The molecule has 3 rings (SSSR count). The summed E-state index contributed by atoms with van der Waals surface area (Å²) in [5.74, 6) is 0.806. The molecule has 0 unspecified atom stereocenters. The Hall–Kier alpha value is -2.37. The molecule has 0 aliphatic carbocycles. The number of ether oxygens (including phenoxy) is 1. The third-order valence-corrected chi connectivity index (χ3v) is 5.20. The summed E-state index contributed by atoms with van der Waals surface area (Å²) >= 11 is 7.41. The zero-order valence-electron chi connectivity index (χ0n) is 15.3. The zero-order valence-corrected chi connectivity index (χ0v) is 16.9. The number of nitrogens with one attached hydrogen (secondary N) is 1. The molecule has 3 aromatic rings. The average Bonchev–Trinajstić information content (AvgIpc) is 3.01. The first-order valence-corrected chi connectivity index (χ1v) is 9.94. The lowest BCUT2D eigenvalue weighted by Gasteiger charge is -2.08. The van der Waals surface area contributed by atoms with E-state index in [1.165, 1.54) is 11.3 Å². The van der Waals surface area contributed by atoms with Gasteiger partial charge in [0.15, 0.2) is 5.13 Å². The largest absolute Gasteiger partial charge is 0.493 e. The van der Waals surface area contributed by atoms with Crippen molar-refractivity contribution >= 4 is 34.0 Å². The van der Waals surface area contributed by atoms with Crippen LogP contribution in [0.25, 0.3) is 11.3 Å². The van der Waals surface area contributed by atoms with Crippen molar-refractivity contribution in [3.05, 3.63) is 64.0 Å². The maximum Gasteiger partial charge on any atom is 0.226 e. The molecule has 4 nitrogen and oxygen atoms in total. The van der Waals surface area contributed by atoms with Gasteiger partial charge in [-0.25, -0.2) is 4.98 Å². The normalized spacial score (nSPS) is 10.6. The molecule has 27 heavy (non-hydrogen) atoms. The highest BCUT2D eigenvalue weighted by atomic mass is 35.5. The van der Waals surface area contributed by atoms with Gasteiger partial charge < -0.3 is 10.1 Å². The number of benzene rings is 2. The maximum atomic E-state index is 12.2. The first-order chi connectivity index (χ1) is 13.0. The molecule has 1 aromatic heterocycles. The maximum absolute atomic E-state index is 12.2. The Morgan fingerprint density at radius 3 is 2.63 bits per heavy atom. The van der Waals surface area contributed by atoms with Gasteiger partial charge >= 0.3 is 0 Å².